The van der Waals surface area contributed by atoms with E-state index in [1.165, 1.54) is 0 Å². The summed E-state index contributed by atoms with van der Waals surface area (Å²) in [6, 6.07) is 0. The van der Waals surface area contributed by atoms with E-state index < -0.39 is 12.1 Å². The maximum Gasteiger partial charge on any atom is 0.406 e. The Balaban J connectivity index is 3.42. The van der Waals surface area contributed by atoms with Crippen LogP contribution in [0.4, 0.5) is 4.79 Å². The average molecular weight is 231 g/mol. The van der Waals surface area contributed by atoms with Crippen LogP contribution in [0.25, 0.3) is 0 Å². The van der Waals surface area contributed by atoms with Gasteiger partial charge in [-0.15, -0.1) is 0 Å². The summed E-state index contributed by atoms with van der Waals surface area (Å²) in [5, 5.41) is 2.59. The molecule has 1 amide bonds. The highest BCUT2D eigenvalue weighted by Gasteiger charge is 2.04. The van der Waals surface area contributed by atoms with E-state index in [-0.39, 0.29) is 22.7 Å². The minimum atomic E-state index is -0.472. The van der Waals surface area contributed by atoms with Crippen LogP contribution < -0.4 is 5.32 Å². The van der Waals surface area contributed by atoms with Crippen LogP contribution in [-0.2, 0) is 14.3 Å². The third-order valence-electron chi connectivity index (χ3n) is 1.42. The number of alkyl carbamates (subject to hydrolysis) is 1. The first-order valence-corrected chi connectivity index (χ1v) is 7.22. The van der Waals surface area contributed by atoms with Gasteiger partial charge in [-0.1, -0.05) is 13.1 Å². The number of carbonyl (C=O) groups excluding carboxylic acids is 2. The van der Waals surface area contributed by atoms with Gasteiger partial charge in [0, 0.05) is 21.3 Å². The predicted octanol–water partition coefficient (Wildman–Crippen LogP) is 0.00630. The van der Waals surface area contributed by atoms with Crippen LogP contribution in [0.2, 0.25) is 6.55 Å². The lowest BCUT2D eigenvalue weighted by atomic mass is 10.4. The predicted molar refractivity (Wildman–Crippen MR) is 59.5 cm³/mol. The molecular formula is C9H17NO4Si. The first kappa shape index (κ1) is 13.7. The summed E-state index contributed by atoms with van der Waals surface area (Å²) in [5.74, 6) is -0.472. The first-order chi connectivity index (χ1) is 7.07. The van der Waals surface area contributed by atoms with E-state index in [0.29, 0.717) is 11.7 Å². The molecule has 0 atom stereocenters. The molecule has 0 rings (SSSR count). The highest BCUT2D eigenvalue weighted by Crippen LogP contribution is 1.91. The second kappa shape index (κ2) is 8.04. The molecule has 0 aromatic rings. The largest absolute Gasteiger partial charge is 0.459 e. The third-order valence-corrected chi connectivity index (χ3v) is 2.17. The van der Waals surface area contributed by atoms with E-state index in [1.54, 1.807) is 6.92 Å². The molecule has 0 unspecified atom stereocenters. The van der Waals surface area contributed by atoms with Gasteiger partial charge in [0.2, 0.25) is 0 Å². The van der Waals surface area contributed by atoms with Crippen LogP contribution in [0.5, 0.6) is 0 Å². The van der Waals surface area contributed by atoms with Gasteiger partial charge < -0.3 is 14.8 Å². The Kier molecular flexibility index (Phi) is 7.34. The molecule has 6 heteroatoms. The Hall–Kier alpha value is -1.30. The minimum Gasteiger partial charge on any atom is -0.459 e. The van der Waals surface area contributed by atoms with Crippen molar-refractivity contribution in [2.45, 2.75) is 13.5 Å². The van der Waals surface area contributed by atoms with Gasteiger partial charge in [-0.2, -0.15) is 0 Å². The molecule has 0 aromatic carbocycles. The van der Waals surface area contributed by atoms with Crippen molar-refractivity contribution in [3.05, 3.63) is 12.2 Å². The maximum absolute atomic E-state index is 10.9. The van der Waals surface area contributed by atoms with Gasteiger partial charge in [0.25, 0.3) is 0 Å². The number of hydrogen-bond acceptors (Lipinski definition) is 4. The average Bonchev–Trinajstić information content (AvgIpc) is 2.20. The van der Waals surface area contributed by atoms with Crippen molar-refractivity contribution in [1.82, 2.24) is 5.32 Å². The fourth-order valence-corrected chi connectivity index (χ4v) is 1.12. The first-order valence-electron chi connectivity index (χ1n) is 4.81. The number of amides is 1. The van der Waals surface area contributed by atoms with Crippen molar-refractivity contribution < 1.29 is 19.1 Å². The van der Waals surface area contributed by atoms with Crippen LogP contribution in [0, 0.1) is 0 Å². The SMILES string of the molecule is C=C(C)C(=O)OCCOC(=O)NC[SiH2]C. The Labute approximate surface area is 91.6 Å². The van der Waals surface area contributed by atoms with Gasteiger partial charge in [0.05, 0.1) is 0 Å². The topological polar surface area (TPSA) is 64.6 Å². The Bertz CT molecular complexity index is 242. The van der Waals surface area contributed by atoms with Gasteiger partial charge in [0.1, 0.15) is 13.2 Å². The lowest BCUT2D eigenvalue weighted by Gasteiger charge is -2.06. The lowest BCUT2D eigenvalue weighted by Crippen LogP contribution is -2.28. The number of hydrogen-bond donors (Lipinski definition) is 1. The number of ether oxygens (including phenoxy) is 2. The fraction of sp³-hybridized carbons (Fsp3) is 0.556. The van der Waals surface area contributed by atoms with Crippen molar-refractivity contribution in [2.24, 2.45) is 0 Å². The molecule has 5 nitrogen and oxygen atoms in total. The zero-order valence-electron chi connectivity index (χ0n) is 9.17. The van der Waals surface area contributed by atoms with Gasteiger partial charge in [-0.25, -0.2) is 9.59 Å². The molecule has 0 aromatic heterocycles. The zero-order valence-corrected chi connectivity index (χ0v) is 10.6. The Morgan fingerprint density at radius 1 is 1.33 bits per heavy atom. The molecule has 0 fully saturated rings. The molecule has 0 aliphatic carbocycles. The second-order valence-electron chi connectivity index (χ2n) is 2.98. The Morgan fingerprint density at radius 2 is 1.93 bits per heavy atom. The normalized spacial score (nSPS) is 10.0. The molecule has 0 heterocycles. The lowest BCUT2D eigenvalue weighted by molar-refractivity contribution is -0.139. The maximum atomic E-state index is 10.9. The Morgan fingerprint density at radius 3 is 2.47 bits per heavy atom. The summed E-state index contributed by atoms with van der Waals surface area (Å²) in [7, 11) is -0.190. The zero-order chi connectivity index (χ0) is 11.7. The fourth-order valence-electron chi connectivity index (χ4n) is 0.670. The molecule has 0 saturated heterocycles. The molecule has 0 aliphatic rings. The van der Waals surface area contributed by atoms with Crippen molar-refractivity contribution in [2.75, 3.05) is 19.4 Å². The molecule has 0 radical (unpaired) electrons. The van der Waals surface area contributed by atoms with E-state index in [2.05, 4.69) is 18.4 Å². The summed E-state index contributed by atoms with van der Waals surface area (Å²) < 4.78 is 9.46. The molecule has 15 heavy (non-hydrogen) atoms. The van der Waals surface area contributed by atoms with Crippen molar-refractivity contribution in [3.8, 4) is 0 Å². The monoisotopic (exact) mass is 231 g/mol. The van der Waals surface area contributed by atoms with Crippen molar-refractivity contribution in [3.63, 3.8) is 0 Å². The second-order valence-corrected chi connectivity index (χ2v) is 4.48. The smallest absolute Gasteiger partial charge is 0.406 e. The molecule has 0 bridgehead atoms. The summed E-state index contributed by atoms with van der Waals surface area (Å²) >= 11 is 0. The number of carbonyl (C=O) groups is 2. The standard InChI is InChI=1S/C9H17NO4Si/c1-7(2)8(11)13-4-5-14-9(12)10-6-15-3/h1,4-6,15H2,2-3H3,(H,10,12). The van der Waals surface area contributed by atoms with E-state index in [9.17, 15) is 9.59 Å². The number of esters is 1. The van der Waals surface area contributed by atoms with E-state index >= 15 is 0 Å². The molecular weight excluding hydrogens is 214 g/mol. The number of rotatable bonds is 6. The number of nitrogens with one attached hydrogen (secondary N) is 1. The van der Waals surface area contributed by atoms with Crippen molar-refractivity contribution in [1.29, 1.82) is 0 Å². The van der Waals surface area contributed by atoms with Gasteiger partial charge in [0.15, 0.2) is 0 Å². The van der Waals surface area contributed by atoms with E-state index in [0.717, 1.165) is 0 Å². The van der Waals surface area contributed by atoms with E-state index in [4.69, 9.17) is 9.47 Å². The van der Waals surface area contributed by atoms with E-state index in [1.807, 2.05) is 0 Å². The molecule has 86 valence electrons. The molecule has 0 spiro atoms. The summed E-state index contributed by atoms with van der Waals surface area (Å²) in [6.45, 7) is 7.18. The summed E-state index contributed by atoms with van der Waals surface area (Å²) in [6.07, 6.45) is 0.250. The molecule has 0 aliphatic heterocycles. The summed E-state index contributed by atoms with van der Waals surface area (Å²) in [4.78, 5) is 21.8. The van der Waals surface area contributed by atoms with Crippen molar-refractivity contribution >= 4 is 21.6 Å². The minimum absolute atomic E-state index is 0.0582. The van der Waals surface area contributed by atoms with Gasteiger partial charge in [-0.3, -0.25) is 0 Å². The van der Waals surface area contributed by atoms with Crippen LogP contribution in [0.15, 0.2) is 12.2 Å². The van der Waals surface area contributed by atoms with Crippen LogP contribution in [0.1, 0.15) is 6.92 Å². The highest BCUT2D eigenvalue weighted by molar-refractivity contribution is 6.34. The summed E-state index contributed by atoms with van der Waals surface area (Å²) in [5.41, 5.74) is 0.330. The van der Waals surface area contributed by atoms with Crippen LogP contribution >= 0.6 is 0 Å². The van der Waals surface area contributed by atoms with Gasteiger partial charge in [-0.05, 0) is 6.92 Å². The molecule has 0 saturated carbocycles. The quantitative estimate of drug-likeness (QED) is 0.303. The molecule has 1 N–H and O–H groups in total. The van der Waals surface area contributed by atoms with Crippen LogP contribution in [-0.4, -0.2) is 41.0 Å². The van der Waals surface area contributed by atoms with Gasteiger partial charge >= 0.3 is 12.1 Å². The highest BCUT2D eigenvalue weighted by atomic mass is 28.2. The van der Waals surface area contributed by atoms with Crippen LogP contribution in [0.3, 0.4) is 0 Å². The third kappa shape index (κ3) is 7.74.